The Bertz CT molecular complexity index is 152. The van der Waals surface area contributed by atoms with E-state index in [-0.39, 0.29) is 0 Å². The van der Waals surface area contributed by atoms with E-state index in [1.54, 1.807) is 0 Å². The largest absolute Gasteiger partial charge is 0.292 e. The molecule has 0 radical (unpaired) electrons. The highest BCUT2D eigenvalue weighted by molar-refractivity contribution is 5.62. The van der Waals surface area contributed by atoms with E-state index in [2.05, 4.69) is 9.98 Å². The topological polar surface area (TPSA) is 24.7 Å². The number of hydrogen-bond donors (Lipinski definition) is 0. The second-order valence-corrected chi connectivity index (χ2v) is 2.95. The lowest BCUT2D eigenvalue weighted by atomic mass is 10.0. The first-order valence-electron chi connectivity index (χ1n) is 4.00. The first kappa shape index (κ1) is 6.08. The summed E-state index contributed by atoms with van der Waals surface area (Å²) in [6.45, 7) is 0. The van der Waals surface area contributed by atoms with E-state index >= 15 is 0 Å². The number of nitrogens with zero attached hydrogens (tertiary/aromatic N) is 2. The standard InChI is InChI=1S/C8H12N2/c1-3-7(9-5-1)8-4-2-6-10-8/h5-8H,1-4H2. The second kappa shape index (κ2) is 2.52. The molecule has 2 aliphatic heterocycles. The summed E-state index contributed by atoms with van der Waals surface area (Å²) < 4.78 is 0. The SMILES string of the molecule is C1=NC(C2CCC=N2)CC1. The lowest BCUT2D eigenvalue weighted by molar-refractivity contribution is 0.527. The van der Waals surface area contributed by atoms with Gasteiger partial charge in [-0.2, -0.15) is 0 Å². The van der Waals surface area contributed by atoms with Crippen LogP contribution in [0.3, 0.4) is 0 Å². The van der Waals surface area contributed by atoms with Crippen molar-refractivity contribution in [2.45, 2.75) is 37.8 Å². The average Bonchev–Trinajstić information content (AvgIpc) is 2.59. The summed E-state index contributed by atoms with van der Waals surface area (Å²) in [7, 11) is 0. The molecule has 54 valence electrons. The van der Waals surface area contributed by atoms with Crippen LogP contribution in [0.1, 0.15) is 25.7 Å². The van der Waals surface area contributed by atoms with Gasteiger partial charge in [0.25, 0.3) is 0 Å². The van der Waals surface area contributed by atoms with Crippen LogP contribution in [0.25, 0.3) is 0 Å². The molecule has 2 atom stereocenters. The molecule has 2 aliphatic rings. The van der Waals surface area contributed by atoms with Crippen molar-refractivity contribution >= 4 is 12.4 Å². The van der Waals surface area contributed by atoms with Crippen LogP contribution in [0, 0.1) is 0 Å². The molecule has 10 heavy (non-hydrogen) atoms. The van der Waals surface area contributed by atoms with Gasteiger partial charge < -0.3 is 0 Å². The monoisotopic (exact) mass is 136 g/mol. The van der Waals surface area contributed by atoms with Gasteiger partial charge in [-0.05, 0) is 38.1 Å². The van der Waals surface area contributed by atoms with Crippen LogP contribution in [0.4, 0.5) is 0 Å². The lowest BCUT2D eigenvalue weighted by Gasteiger charge is -2.11. The Hall–Kier alpha value is -0.660. The summed E-state index contributed by atoms with van der Waals surface area (Å²) in [5.41, 5.74) is 0. The Morgan fingerprint density at radius 2 is 1.40 bits per heavy atom. The van der Waals surface area contributed by atoms with Crippen LogP contribution in [-0.4, -0.2) is 24.5 Å². The third-order valence-corrected chi connectivity index (χ3v) is 2.22. The molecule has 2 rings (SSSR count). The molecule has 0 spiro atoms. The predicted molar refractivity (Wildman–Crippen MR) is 43.0 cm³/mol. The van der Waals surface area contributed by atoms with Gasteiger partial charge in [0.2, 0.25) is 0 Å². The average molecular weight is 136 g/mol. The van der Waals surface area contributed by atoms with Gasteiger partial charge in [0.15, 0.2) is 0 Å². The molecule has 2 heterocycles. The molecule has 0 saturated carbocycles. The van der Waals surface area contributed by atoms with Crippen LogP contribution < -0.4 is 0 Å². The van der Waals surface area contributed by atoms with Gasteiger partial charge in [-0.1, -0.05) is 0 Å². The molecule has 0 bridgehead atoms. The minimum atomic E-state index is 0.527. The smallest absolute Gasteiger partial charge is 0.0722 e. The minimum absolute atomic E-state index is 0.527. The van der Waals surface area contributed by atoms with E-state index in [0.29, 0.717) is 12.1 Å². The van der Waals surface area contributed by atoms with Gasteiger partial charge in [0.1, 0.15) is 0 Å². The van der Waals surface area contributed by atoms with Gasteiger partial charge >= 0.3 is 0 Å². The Balaban J connectivity index is 1.98. The third-order valence-electron chi connectivity index (χ3n) is 2.22. The van der Waals surface area contributed by atoms with Crippen molar-refractivity contribution in [3.8, 4) is 0 Å². The lowest BCUT2D eigenvalue weighted by Crippen LogP contribution is -2.17. The van der Waals surface area contributed by atoms with Crippen molar-refractivity contribution in [1.29, 1.82) is 0 Å². The van der Waals surface area contributed by atoms with Crippen LogP contribution in [0.5, 0.6) is 0 Å². The summed E-state index contributed by atoms with van der Waals surface area (Å²) in [6.07, 6.45) is 8.86. The van der Waals surface area contributed by atoms with Crippen LogP contribution >= 0.6 is 0 Å². The van der Waals surface area contributed by atoms with Gasteiger partial charge in [0, 0.05) is 0 Å². The Morgan fingerprint density at radius 1 is 0.900 bits per heavy atom. The predicted octanol–water partition coefficient (Wildman–Crippen LogP) is 1.45. The maximum Gasteiger partial charge on any atom is 0.0722 e. The van der Waals surface area contributed by atoms with Crippen LogP contribution in [-0.2, 0) is 0 Å². The highest BCUT2D eigenvalue weighted by Crippen LogP contribution is 2.21. The Kier molecular flexibility index (Phi) is 1.53. The summed E-state index contributed by atoms with van der Waals surface area (Å²) >= 11 is 0. The fourth-order valence-electron chi connectivity index (χ4n) is 1.64. The van der Waals surface area contributed by atoms with Crippen LogP contribution in [0.2, 0.25) is 0 Å². The first-order valence-corrected chi connectivity index (χ1v) is 4.00. The molecule has 0 amide bonds. The van der Waals surface area contributed by atoms with E-state index in [4.69, 9.17) is 0 Å². The van der Waals surface area contributed by atoms with Crippen molar-refractivity contribution in [2.24, 2.45) is 9.98 Å². The van der Waals surface area contributed by atoms with Crippen molar-refractivity contribution < 1.29 is 0 Å². The van der Waals surface area contributed by atoms with E-state index in [1.165, 1.54) is 12.8 Å². The molecule has 0 saturated heterocycles. The van der Waals surface area contributed by atoms with E-state index in [0.717, 1.165) is 12.8 Å². The normalized spacial score (nSPS) is 37.6. The number of rotatable bonds is 1. The maximum absolute atomic E-state index is 4.38. The van der Waals surface area contributed by atoms with Crippen molar-refractivity contribution in [3.63, 3.8) is 0 Å². The van der Waals surface area contributed by atoms with Gasteiger partial charge in [0.05, 0.1) is 12.1 Å². The quantitative estimate of drug-likeness (QED) is 0.521. The van der Waals surface area contributed by atoms with Crippen molar-refractivity contribution in [2.75, 3.05) is 0 Å². The molecule has 0 aromatic carbocycles. The zero-order chi connectivity index (χ0) is 6.81. The summed E-state index contributed by atoms with van der Waals surface area (Å²) in [4.78, 5) is 8.76. The van der Waals surface area contributed by atoms with E-state index in [9.17, 15) is 0 Å². The highest BCUT2D eigenvalue weighted by atomic mass is 14.9. The van der Waals surface area contributed by atoms with Crippen molar-refractivity contribution in [3.05, 3.63) is 0 Å². The summed E-state index contributed by atoms with van der Waals surface area (Å²) in [5.74, 6) is 0. The molecular formula is C8H12N2. The molecule has 0 aliphatic carbocycles. The molecular weight excluding hydrogens is 124 g/mol. The second-order valence-electron chi connectivity index (χ2n) is 2.95. The molecule has 2 heteroatoms. The van der Waals surface area contributed by atoms with Crippen LogP contribution in [0.15, 0.2) is 9.98 Å². The van der Waals surface area contributed by atoms with E-state index in [1.807, 2.05) is 12.4 Å². The van der Waals surface area contributed by atoms with Gasteiger partial charge in [-0.15, -0.1) is 0 Å². The first-order chi connectivity index (χ1) is 4.97. The summed E-state index contributed by atoms with van der Waals surface area (Å²) in [5, 5.41) is 0. The minimum Gasteiger partial charge on any atom is -0.292 e. The zero-order valence-corrected chi connectivity index (χ0v) is 6.03. The Labute approximate surface area is 61.1 Å². The van der Waals surface area contributed by atoms with E-state index < -0.39 is 0 Å². The number of hydrogen-bond acceptors (Lipinski definition) is 2. The zero-order valence-electron chi connectivity index (χ0n) is 6.03. The summed E-state index contributed by atoms with van der Waals surface area (Å²) in [6, 6.07) is 1.05. The highest BCUT2D eigenvalue weighted by Gasteiger charge is 2.23. The van der Waals surface area contributed by atoms with Gasteiger partial charge in [-0.3, -0.25) is 9.98 Å². The van der Waals surface area contributed by atoms with Gasteiger partial charge in [-0.25, -0.2) is 0 Å². The van der Waals surface area contributed by atoms with Crippen molar-refractivity contribution in [1.82, 2.24) is 0 Å². The Morgan fingerprint density at radius 3 is 1.70 bits per heavy atom. The molecule has 0 fully saturated rings. The molecule has 2 unspecified atom stereocenters. The fraction of sp³-hybridized carbons (Fsp3) is 0.750. The third kappa shape index (κ3) is 0.981. The molecule has 2 nitrogen and oxygen atoms in total. The molecule has 0 aromatic heterocycles. The maximum atomic E-state index is 4.38. The number of aliphatic imine (C=N–C) groups is 2. The fourth-order valence-corrected chi connectivity index (χ4v) is 1.64. The molecule has 0 N–H and O–H groups in total. The molecule has 0 aromatic rings.